The Morgan fingerprint density at radius 2 is 2.24 bits per heavy atom. The minimum atomic E-state index is 0.171. The number of halogens is 1. The molecule has 0 unspecified atom stereocenters. The average molecular weight is 250 g/mol. The zero-order valence-electron chi connectivity index (χ0n) is 9.92. The second-order valence-corrected chi connectivity index (χ2v) is 4.49. The number of hydrogen-bond donors (Lipinski definition) is 1. The van der Waals surface area contributed by atoms with Gasteiger partial charge in [0.05, 0.1) is 0 Å². The van der Waals surface area contributed by atoms with E-state index in [9.17, 15) is 4.79 Å². The van der Waals surface area contributed by atoms with E-state index in [2.05, 4.69) is 18.0 Å². The first kappa shape index (κ1) is 12.2. The molecule has 0 spiro atoms. The second kappa shape index (κ2) is 5.37. The lowest BCUT2D eigenvalue weighted by atomic mass is 10.0. The topological polar surface area (TPSA) is 32.9 Å². The first-order valence-corrected chi connectivity index (χ1v) is 6.49. The summed E-state index contributed by atoms with van der Waals surface area (Å²) in [5.41, 5.74) is 3.13. The van der Waals surface area contributed by atoms with Crippen LogP contribution in [0.1, 0.15) is 35.7 Å². The van der Waals surface area contributed by atoms with Gasteiger partial charge < -0.3 is 4.98 Å². The van der Waals surface area contributed by atoms with Gasteiger partial charge >= 0.3 is 0 Å². The molecule has 2 rings (SSSR count). The Morgan fingerprint density at radius 1 is 1.41 bits per heavy atom. The third-order valence-corrected chi connectivity index (χ3v) is 3.29. The minimum absolute atomic E-state index is 0.171. The van der Waals surface area contributed by atoms with E-state index in [-0.39, 0.29) is 5.78 Å². The Labute approximate surface area is 106 Å². The van der Waals surface area contributed by atoms with Crippen LogP contribution >= 0.6 is 11.6 Å². The van der Waals surface area contributed by atoms with Gasteiger partial charge in [-0.1, -0.05) is 25.1 Å². The fourth-order valence-electron chi connectivity index (χ4n) is 2.10. The quantitative estimate of drug-likeness (QED) is 0.632. The van der Waals surface area contributed by atoms with Crippen molar-refractivity contribution in [1.82, 2.24) is 4.98 Å². The highest BCUT2D eigenvalue weighted by Gasteiger charge is 2.12. The van der Waals surface area contributed by atoms with Crippen LogP contribution in [0.4, 0.5) is 0 Å². The second-order valence-electron chi connectivity index (χ2n) is 4.11. The number of ketones is 1. The van der Waals surface area contributed by atoms with Crippen molar-refractivity contribution in [2.45, 2.75) is 26.2 Å². The molecule has 0 atom stereocenters. The maximum absolute atomic E-state index is 12.0. The number of H-pyrrole nitrogens is 1. The summed E-state index contributed by atoms with van der Waals surface area (Å²) in [6, 6.07) is 6.10. The van der Waals surface area contributed by atoms with E-state index in [0.717, 1.165) is 29.3 Å². The number of para-hydroxylation sites is 1. The van der Waals surface area contributed by atoms with Gasteiger partial charge in [-0.05, 0) is 18.4 Å². The molecular weight excluding hydrogens is 234 g/mol. The zero-order chi connectivity index (χ0) is 12.3. The smallest absolute Gasteiger partial charge is 0.165 e. The van der Waals surface area contributed by atoms with E-state index in [4.69, 9.17) is 11.6 Å². The number of aromatic amines is 1. The van der Waals surface area contributed by atoms with Gasteiger partial charge in [0.25, 0.3) is 0 Å². The Balaban J connectivity index is 2.39. The van der Waals surface area contributed by atoms with Crippen molar-refractivity contribution < 1.29 is 4.79 Å². The number of nitrogens with one attached hydrogen (secondary N) is 1. The fourth-order valence-corrected chi connectivity index (χ4v) is 2.24. The number of fused-ring (bicyclic) bond motifs is 1. The van der Waals surface area contributed by atoms with Crippen LogP contribution in [0.2, 0.25) is 0 Å². The number of aryl methyl sites for hydroxylation is 1. The first-order chi connectivity index (χ1) is 8.27. The molecule has 0 saturated heterocycles. The highest BCUT2D eigenvalue weighted by molar-refractivity contribution is 6.18. The number of aromatic nitrogens is 1. The van der Waals surface area contributed by atoms with Gasteiger partial charge in [0, 0.05) is 35.0 Å². The van der Waals surface area contributed by atoms with E-state index in [1.54, 1.807) is 0 Å². The number of Topliss-reactive ketones (excluding diaryl/α,β-unsaturated/α-hetero) is 1. The summed E-state index contributed by atoms with van der Waals surface area (Å²) in [5, 5.41) is 1.03. The molecule has 0 amide bonds. The summed E-state index contributed by atoms with van der Waals surface area (Å²) >= 11 is 5.61. The van der Waals surface area contributed by atoms with Gasteiger partial charge in [0.1, 0.15) is 0 Å². The lowest BCUT2D eigenvalue weighted by Gasteiger charge is -2.00. The van der Waals surface area contributed by atoms with Gasteiger partial charge in [-0.3, -0.25) is 4.79 Å². The van der Waals surface area contributed by atoms with Crippen LogP contribution in [0.3, 0.4) is 0 Å². The molecule has 0 bridgehead atoms. The van der Waals surface area contributed by atoms with Crippen molar-refractivity contribution in [3.05, 3.63) is 35.5 Å². The van der Waals surface area contributed by atoms with Crippen molar-refractivity contribution in [3.63, 3.8) is 0 Å². The van der Waals surface area contributed by atoms with E-state index in [1.807, 2.05) is 18.3 Å². The van der Waals surface area contributed by atoms with Crippen molar-refractivity contribution in [1.29, 1.82) is 0 Å². The number of rotatable bonds is 5. The lowest BCUT2D eigenvalue weighted by molar-refractivity contribution is 0.0983. The van der Waals surface area contributed by atoms with E-state index in [0.29, 0.717) is 12.3 Å². The number of alkyl halides is 1. The highest BCUT2D eigenvalue weighted by Crippen LogP contribution is 2.23. The van der Waals surface area contributed by atoms with E-state index >= 15 is 0 Å². The van der Waals surface area contributed by atoms with E-state index in [1.165, 1.54) is 5.56 Å². The van der Waals surface area contributed by atoms with Crippen molar-refractivity contribution in [2.75, 3.05) is 5.88 Å². The molecule has 3 heteroatoms. The molecule has 90 valence electrons. The Kier molecular flexibility index (Phi) is 3.85. The van der Waals surface area contributed by atoms with Crippen LogP contribution in [-0.2, 0) is 6.42 Å². The van der Waals surface area contributed by atoms with Gasteiger partial charge in [0.15, 0.2) is 5.78 Å². The minimum Gasteiger partial charge on any atom is -0.360 e. The Morgan fingerprint density at radius 3 is 2.94 bits per heavy atom. The van der Waals surface area contributed by atoms with Crippen LogP contribution in [0.25, 0.3) is 10.9 Å². The zero-order valence-corrected chi connectivity index (χ0v) is 10.7. The van der Waals surface area contributed by atoms with Crippen LogP contribution in [-0.4, -0.2) is 16.6 Å². The van der Waals surface area contributed by atoms with Gasteiger partial charge in [-0.2, -0.15) is 0 Å². The largest absolute Gasteiger partial charge is 0.360 e. The molecule has 0 aliphatic carbocycles. The van der Waals surface area contributed by atoms with Gasteiger partial charge in [-0.25, -0.2) is 0 Å². The Bertz CT molecular complexity index is 530. The predicted octanol–water partition coefficient (Wildman–Crippen LogP) is 3.93. The molecule has 0 saturated carbocycles. The normalized spacial score (nSPS) is 10.9. The third-order valence-electron chi connectivity index (χ3n) is 3.02. The maximum atomic E-state index is 12.0. The summed E-state index contributed by atoms with van der Waals surface area (Å²) in [6.07, 6.45) is 4.04. The molecule has 1 heterocycles. The maximum Gasteiger partial charge on any atom is 0.165 e. The molecule has 1 N–H and O–H groups in total. The molecular formula is C14H16ClNO. The molecule has 0 radical (unpaired) electrons. The molecule has 0 fully saturated rings. The molecule has 17 heavy (non-hydrogen) atoms. The molecule has 1 aromatic carbocycles. The number of benzene rings is 1. The summed E-state index contributed by atoms with van der Waals surface area (Å²) in [5.74, 6) is 0.707. The highest BCUT2D eigenvalue weighted by atomic mass is 35.5. The average Bonchev–Trinajstić information content (AvgIpc) is 2.79. The number of carbonyl (C=O) groups is 1. The number of carbonyl (C=O) groups excluding carboxylic acids is 1. The summed E-state index contributed by atoms with van der Waals surface area (Å²) in [7, 11) is 0. The van der Waals surface area contributed by atoms with Gasteiger partial charge in [0.2, 0.25) is 0 Å². The van der Waals surface area contributed by atoms with Crippen molar-refractivity contribution in [3.8, 4) is 0 Å². The Hall–Kier alpha value is -1.28. The third kappa shape index (κ3) is 2.37. The standard InChI is InChI=1S/C14H16ClNO/c1-2-10-5-3-6-11-12(9-16-14(10)11)13(17)7-4-8-15/h3,5-6,9,16H,2,4,7-8H2,1H3. The van der Waals surface area contributed by atoms with E-state index < -0.39 is 0 Å². The predicted molar refractivity (Wildman–Crippen MR) is 72.0 cm³/mol. The monoisotopic (exact) mass is 249 g/mol. The molecule has 0 aliphatic rings. The molecule has 0 aliphatic heterocycles. The van der Waals surface area contributed by atoms with Crippen LogP contribution in [0.15, 0.2) is 24.4 Å². The molecule has 1 aromatic heterocycles. The lowest BCUT2D eigenvalue weighted by Crippen LogP contribution is -1.98. The summed E-state index contributed by atoms with van der Waals surface area (Å²) < 4.78 is 0. The molecule has 2 aromatic rings. The van der Waals surface area contributed by atoms with Crippen LogP contribution in [0, 0.1) is 0 Å². The van der Waals surface area contributed by atoms with Crippen molar-refractivity contribution in [2.24, 2.45) is 0 Å². The SMILES string of the molecule is CCc1cccc2c(C(=O)CCCCl)c[nH]c12. The van der Waals surface area contributed by atoms with Gasteiger partial charge in [-0.15, -0.1) is 11.6 Å². The van der Waals surface area contributed by atoms with Crippen LogP contribution in [0.5, 0.6) is 0 Å². The first-order valence-electron chi connectivity index (χ1n) is 5.96. The van der Waals surface area contributed by atoms with Crippen LogP contribution < -0.4 is 0 Å². The fraction of sp³-hybridized carbons (Fsp3) is 0.357. The summed E-state index contributed by atoms with van der Waals surface area (Å²) in [4.78, 5) is 15.2. The summed E-state index contributed by atoms with van der Waals surface area (Å²) in [6.45, 7) is 2.12. The van der Waals surface area contributed by atoms with Crippen molar-refractivity contribution >= 4 is 28.3 Å². The number of hydrogen-bond acceptors (Lipinski definition) is 1. The molecule has 2 nitrogen and oxygen atoms in total.